The molecule has 0 aliphatic heterocycles. The van der Waals surface area contributed by atoms with Crippen LogP contribution in [-0.2, 0) is 17.8 Å². The van der Waals surface area contributed by atoms with Gasteiger partial charge in [0.2, 0.25) is 0 Å². The first-order chi connectivity index (χ1) is 14.4. The van der Waals surface area contributed by atoms with Crippen molar-refractivity contribution in [3.63, 3.8) is 0 Å². The van der Waals surface area contributed by atoms with Gasteiger partial charge >= 0.3 is 5.97 Å². The Morgan fingerprint density at radius 2 is 2.03 bits per heavy atom. The molecule has 30 heavy (non-hydrogen) atoms. The molecule has 1 heterocycles. The standard InChI is InChI=1S/C23H27BrN2O4/c1-4-29-21-10-15(9-18(24)22(21)30-14(2)3)12-25-20(23(27)28)11-16-13-26-19-8-6-5-7-17(16)19/h5-10,13-14,20,25-26H,4,11-12H2,1-3H3,(H,27,28). The Kier molecular flexibility index (Phi) is 7.39. The van der Waals surface area contributed by atoms with Crippen molar-refractivity contribution in [3.8, 4) is 11.5 Å². The number of ether oxygens (including phenoxy) is 2. The number of carboxylic acids is 1. The van der Waals surface area contributed by atoms with E-state index in [1.165, 1.54) is 0 Å². The average molecular weight is 475 g/mol. The van der Waals surface area contributed by atoms with Gasteiger partial charge in [0, 0.05) is 30.1 Å². The summed E-state index contributed by atoms with van der Waals surface area (Å²) in [4.78, 5) is 15.1. The minimum absolute atomic E-state index is 0.0112. The Balaban J connectivity index is 1.76. The van der Waals surface area contributed by atoms with Gasteiger partial charge in [-0.15, -0.1) is 0 Å². The number of para-hydroxylation sites is 1. The molecule has 0 saturated heterocycles. The molecule has 0 radical (unpaired) electrons. The van der Waals surface area contributed by atoms with E-state index in [9.17, 15) is 9.90 Å². The van der Waals surface area contributed by atoms with Crippen LogP contribution in [0, 0.1) is 0 Å². The van der Waals surface area contributed by atoms with Crippen molar-refractivity contribution in [3.05, 3.63) is 58.2 Å². The molecule has 0 aliphatic carbocycles. The lowest BCUT2D eigenvalue weighted by atomic mass is 10.0. The van der Waals surface area contributed by atoms with Crippen LogP contribution in [0.25, 0.3) is 10.9 Å². The molecule has 1 unspecified atom stereocenters. The zero-order valence-electron chi connectivity index (χ0n) is 17.4. The molecule has 1 atom stereocenters. The molecular formula is C23H27BrN2O4. The van der Waals surface area contributed by atoms with Crippen LogP contribution in [0.5, 0.6) is 11.5 Å². The maximum Gasteiger partial charge on any atom is 0.321 e. The van der Waals surface area contributed by atoms with Gasteiger partial charge in [0.15, 0.2) is 11.5 Å². The third kappa shape index (κ3) is 5.34. The van der Waals surface area contributed by atoms with E-state index in [4.69, 9.17) is 9.47 Å². The molecular weight excluding hydrogens is 448 g/mol. The molecule has 7 heteroatoms. The molecule has 0 fully saturated rings. The zero-order chi connectivity index (χ0) is 21.7. The Labute approximate surface area is 184 Å². The monoisotopic (exact) mass is 474 g/mol. The molecule has 0 amide bonds. The van der Waals surface area contributed by atoms with E-state index in [2.05, 4.69) is 26.2 Å². The van der Waals surface area contributed by atoms with E-state index < -0.39 is 12.0 Å². The minimum Gasteiger partial charge on any atom is -0.490 e. The van der Waals surface area contributed by atoms with Crippen molar-refractivity contribution in [1.29, 1.82) is 0 Å². The second-order valence-electron chi connectivity index (χ2n) is 7.34. The number of rotatable bonds is 10. The maximum absolute atomic E-state index is 11.9. The first-order valence-corrected chi connectivity index (χ1v) is 10.8. The summed E-state index contributed by atoms with van der Waals surface area (Å²) in [5.74, 6) is 0.411. The third-order valence-corrected chi connectivity index (χ3v) is 5.26. The molecule has 1 aromatic heterocycles. The first-order valence-electron chi connectivity index (χ1n) is 10.0. The van der Waals surface area contributed by atoms with Crippen LogP contribution in [-0.4, -0.2) is 34.8 Å². The molecule has 6 nitrogen and oxygen atoms in total. The highest BCUT2D eigenvalue weighted by atomic mass is 79.9. The highest BCUT2D eigenvalue weighted by Crippen LogP contribution is 2.37. The number of aliphatic carboxylic acids is 1. The Bertz CT molecular complexity index is 1020. The Morgan fingerprint density at radius 1 is 1.27 bits per heavy atom. The normalized spacial score (nSPS) is 12.3. The summed E-state index contributed by atoms with van der Waals surface area (Å²) in [5, 5.41) is 13.9. The Morgan fingerprint density at radius 3 is 2.73 bits per heavy atom. The van der Waals surface area contributed by atoms with E-state index in [0.29, 0.717) is 31.1 Å². The summed E-state index contributed by atoms with van der Waals surface area (Å²) in [5.41, 5.74) is 2.89. The lowest BCUT2D eigenvalue weighted by molar-refractivity contribution is -0.139. The molecule has 0 bridgehead atoms. The number of carboxylic acid groups (broad SMARTS) is 1. The predicted octanol–water partition coefficient (Wildman–Crippen LogP) is 4.90. The number of aromatic amines is 1. The van der Waals surface area contributed by atoms with Crippen LogP contribution >= 0.6 is 15.9 Å². The minimum atomic E-state index is -0.885. The summed E-state index contributed by atoms with van der Waals surface area (Å²) in [6.45, 7) is 6.73. The fraction of sp³-hybridized carbons (Fsp3) is 0.348. The molecule has 0 spiro atoms. The number of benzene rings is 2. The number of hydrogen-bond acceptors (Lipinski definition) is 4. The van der Waals surface area contributed by atoms with Crippen LogP contribution in [0.3, 0.4) is 0 Å². The van der Waals surface area contributed by atoms with Crippen molar-refractivity contribution in [2.45, 2.75) is 45.9 Å². The Hall–Kier alpha value is -2.51. The lowest BCUT2D eigenvalue weighted by Crippen LogP contribution is -2.38. The van der Waals surface area contributed by atoms with E-state index in [1.807, 2.05) is 63.4 Å². The van der Waals surface area contributed by atoms with Crippen molar-refractivity contribution in [2.24, 2.45) is 0 Å². The fourth-order valence-corrected chi connectivity index (χ4v) is 3.93. The number of halogens is 1. The fourth-order valence-electron chi connectivity index (χ4n) is 3.34. The summed E-state index contributed by atoms with van der Waals surface area (Å²) in [7, 11) is 0. The molecule has 0 aliphatic rings. The number of hydrogen-bond donors (Lipinski definition) is 3. The molecule has 3 aromatic rings. The molecule has 3 N–H and O–H groups in total. The number of carbonyl (C=O) groups is 1. The summed E-state index contributed by atoms with van der Waals surface area (Å²) >= 11 is 3.55. The highest BCUT2D eigenvalue weighted by Gasteiger charge is 2.20. The first kappa shape index (κ1) is 22.2. The van der Waals surface area contributed by atoms with Gasteiger partial charge in [-0.25, -0.2) is 0 Å². The molecule has 0 saturated carbocycles. The van der Waals surface area contributed by atoms with Crippen molar-refractivity contribution < 1.29 is 19.4 Å². The van der Waals surface area contributed by atoms with Gasteiger partial charge in [-0.1, -0.05) is 18.2 Å². The number of fused-ring (bicyclic) bond motifs is 1. The van der Waals surface area contributed by atoms with Gasteiger partial charge in [-0.3, -0.25) is 4.79 Å². The summed E-state index contributed by atoms with van der Waals surface area (Å²) in [6, 6.07) is 11.0. The number of H-pyrrole nitrogens is 1. The van der Waals surface area contributed by atoms with Crippen LogP contribution in [0.2, 0.25) is 0 Å². The SMILES string of the molecule is CCOc1cc(CNC(Cc2c[nH]c3ccccc23)C(=O)O)cc(Br)c1OC(C)C. The van der Waals surface area contributed by atoms with E-state index in [-0.39, 0.29) is 6.10 Å². The van der Waals surface area contributed by atoms with Gasteiger partial charge < -0.3 is 24.9 Å². The van der Waals surface area contributed by atoms with Gasteiger partial charge in [0.05, 0.1) is 17.2 Å². The second kappa shape index (κ2) is 10.00. The smallest absolute Gasteiger partial charge is 0.321 e. The van der Waals surface area contributed by atoms with Crippen molar-refractivity contribution >= 4 is 32.8 Å². The predicted molar refractivity (Wildman–Crippen MR) is 121 cm³/mol. The number of aromatic nitrogens is 1. The summed E-state index contributed by atoms with van der Waals surface area (Å²) < 4.78 is 12.4. The quantitative estimate of drug-likeness (QED) is 0.389. The van der Waals surface area contributed by atoms with Crippen molar-refractivity contribution in [2.75, 3.05) is 6.61 Å². The lowest BCUT2D eigenvalue weighted by Gasteiger charge is -2.19. The molecule has 3 rings (SSSR count). The van der Waals surface area contributed by atoms with Gasteiger partial charge in [0.25, 0.3) is 0 Å². The zero-order valence-corrected chi connectivity index (χ0v) is 19.0. The number of nitrogens with one attached hydrogen (secondary N) is 2. The highest BCUT2D eigenvalue weighted by molar-refractivity contribution is 9.10. The maximum atomic E-state index is 11.9. The van der Waals surface area contributed by atoms with E-state index >= 15 is 0 Å². The van der Waals surface area contributed by atoms with Crippen molar-refractivity contribution in [1.82, 2.24) is 10.3 Å². The van der Waals surface area contributed by atoms with Crippen LogP contribution in [0.1, 0.15) is 31.9 Å². The summed E-state index contributed by atoms with van der Waals surface area (Å²) in [6.07, 6.45) is 2.27. The van der Waals surface area contributed by atoms with E-state index in [0.717, 1.165) is 26.5 Å². The van der Waals surface area contributed by atoms with Crippen LogP contribution in [0.4, 0.5) is 0 Å². The van der Waals surface area contributed by atoms with Gasteiger partial charge in [0.1, 0.15) is 6.04 Å². The molecule has 160 valence electrons. The van der Waals surface area contributed by atoms with Crippen LogP contribution < -0.4 is 14.8 Å². The largest absolute Gasteiger partial charge is 0.490 e. The topological polar surface area (TPSA) is 83.6 Å². The van der Waals surface area contributed by atoms with Crippen LogP contribution in [0.15, 0.2) is 47.1 Å². The van der Waals surface area contributed by atoms with Gasteiger partial charge in [-0.05, 0) is 66.0 Å². The molecule has 2 aromatic carbocycles. The van der Waals surface area contributed by atoms with E-state index in [1.54, 1.807) is 0 Å². The average Bonchev–Trinajstić information content (AvgIpc) is 3.10. The second-order valence-corrected chi connectivity index (χ2v) is 8.19. The van der Waals surface area contributed by atoms with Gasteiger partial charge in [-0.2, -0.15) is 0 Å². The third-order valence-electron chi connectivity index (χ3n) is 4.67.